The van der Waals surface area contributed by atoms with Gasteiger partial charge in [-0.2, -0.15) is 0 Å². The Morgan fingerprint density at radius 3 is 1.96 bits per heavy atom. The summed E-state index contributed by atoms with van der Waals surface area (Å²) in [5.41, 5.74) is 0.816. The van der Waals surface area contributed by atoms with Crippen molar-refractivity contribution in [3.05, 3.63) is 64.7 Å². The zero-order valence-corrected chi connectivity index (χ0v) is 13.1. The number of benzene rings is 2. The third kappa shape index (κ3) is 3.89. The molecule has 2 aromatic carbocycles. The van der Waals surface area contributed by atoms with E-state index < -0.39 is 29.0 Å². The summed E-state index contributed by atoms with van der Waals surface area (Å²) < 4.78 is 59.8. The molecule has 0 atom stereocenters. The van der Waals surface area contributed by atoms with Crippen molar-refractivity contribution in [1.29, 1.82) is 0 Å². The summed E-state index contributed by atoms with van der Waals surface area (Å²) in [6.07, 6.45) is 5.16. The lowest BCUT2D eigenvalue weighted by Gasteiger charge is -2.22. The second-order valence-corrected chi connectivity index (χ2v) is 6.21. The molecule has 0 N–H and O–H groups in total. The van der Waals surface area contributed by atoms with Gasteiger partial charge in [-0.15, -0.1) is 0 Å². The Morgan fingerprint density at radius 1 is 0.792 bits per heavy atom. The maximum Gasteiger partial charge on any atom is 0.191 e. The fraction of sp³-hybridized carbons (Fsp3) is 0.368. The molecule has 0 spiro atoms. The first-order valence-corrected chi connectivity index (χ1v) is 8.09. The maximum atomic E-state index is 14.2. The molecule has 0 heterocycles. The molecule has 2 aromatic rings. The van der Waals surface area contributed by atoms with Crippen LogP contribution in [0.15, 0.2) is 30.3 Å². The average Bonchev–Trinajstić information content (AvgIpc) is 2.54. The predicted molar refractivity (Wildman–Crippen MR) is 82.9 cm³/mol. The van der Waals surface area contributed by atoms with E-state index in [-0.39, 0.29) is 18.1 Å². The Bertz CT molecular complexity index is 680. The van der Waals surface area contributed by atoms with Crippen molar-refractivity contribution in [3.8, 4) is 5.75 Å². The van der Waals surface area contributed by atoms with Gasteiger partial charge in [-0.3, -0.25) is 0 Å². The van der Waals surface area contributed by atoms with Crippen molar-refractivity contribution in [2.24, 2.45) is 0 Å². The Morgan fingerprint density at radius 2 is 1.38 bits per heavy atom. The Balaban J connectivity index is 1.76. The van der Waals surface area contributed by atoms with E-state index in [9.17, 15) is 17.6 Å². The van der Waals surface area contributed by atoms with Crippen LogP contribution in [0.2, 0.25) is 0 Å². The molecule has 1 saturated carbocycles. The molecule has 3 rings (SSSR count). The number of rotatable bonds is 4. The molecule has 0 bridgehead atoms. The summed E-state index contributed by atoms with van der Waals surface area (Å²) in [6.45, 7) is -0.314. The smallest absolute Gasteiger partial charge is 0.191 e. The summed E-state index contributed by atoms with van der Waals surface area (Å²) in [7, 11) is 0. The molecule has 1 aliphatic rings. The maximum absolute atomic E-state index is 14.2. The summed E-state index contributed by atoms with van der Waals surface area (Å²) in [5.74, 6) is -3.43. The second-order valence-electron chi connectivity index (χ2n) is 6.21. The van der Waals surface area contributed by atoms with E-state index in [0.717, 1.165) is 50.3 Å². The predicted octanol–water partition coefficient (Wildman–Crippen LogP) is 5.87. The van der Waals surface area contributed by atoms with Crippen LogP contribution in [0, 0.1) is 23.3 Å². The molecule has 1 aliphatic carbocycles. The SMILES string of the molecule is Fc1cc(F)cc(COc2c(F)cc(C3CCCCC3)cc2F)c1. The lowest BCUT2D eigenvalue weighted by molar-refractivity contribution is 0.272. The van der Waals surface area contributed by atoms with Crippen LogP contribution in [0.25, 0.3) is 0 Å². The van der Waals surface area contributed by atoms with Crippen LogP contribution in [0.3, 0.4) is 0 Å². The van der Waals surface area contributed by atoms with Gasteiger partial charge in [0.2, 0.25) is 0 Å². The van der Waals surface area contributed by atoms with Crippen LogP contribution in [-0.2, 0) is 6.61 Å². The van der Waals surface area contributed by atoms with Crippen LogP contribution < -0.4 is 4.74 Å². The zero-order chi connectivity index (χ0) is 17.1. The van der Waals surface area contributed by atoms with Crippen molar-refractivity contribution < 1.29 is 22.3 Å². The van der Waals surface area contributed by atoms with Crippen molar-refractivity contribution in [2.45, 2.75) is 44.6 Å². The first-order valence-electron chi connectivity index (χ1n) is 8.09. The molecule has 0 radical (unpaired) electrons. The van der Waals surface area contributed by atoms with E-state index in [1.807, 2.05) is 0 Å². The van der Waals surface area contributed by atoms with Crippen molar-refractivity contribution in [1.82, 2.24) is 0 Å². The van der Waals surface area contributed by atoms with Gasteiger partial charge in [0.05, 0.1) is 0 Å². The van der Waals surface area contributed by atoms with E-state index in [0.29, 0.717) is 5.56 Å². The third-order valence-electron chi connectivity index (χ3n) is 4.40. The topological polar surface area (TPSA) is 9.23 Å². The molecule has 0 aliphatic heterocycles. The second kappa shape index (κ2) is 7.24. The van der Waals surface area contributed by atoms with Crippen molar-refractivity contribution in [2.75, 3.05) is 0 Å². The van der Waals surface area contributed by atoms with Crippen LogP contribution in [-0.4, -0.2) is 0 Å². The van der Waals surface area contributed by atoms with Gasteiger partial charge in [-0.05, 0) is 54.2 Å². The minimum Gasteiger partial charge on any atom is -0.483 e. The number of halogens is 4. The summed E-state index contributed by atoms with van der Waals surface area (Å²) in [4.78, 5) is 0. The van der Waals surface area contributed by atoms with Gasteiger partial charge in [0.1, 0.15) is 18.2 Å². The van der Waals surface area contributed by atoms with Gasteiger partial charge in [0.25, 0.3) is 0 Å². The van der Waals surface area contributed by atoms with E-state index in [1.165, 1.54) is 12.1 Å². The Kier molecular flexibility index (Phi) is 5.07. The molecule has 24 heavy (non-hydrogen) atoms. The van der Waals surface area contributed by atoms with Gasteiger partial charge in [-0.25, -0.2) is 17.6 Å². The van der Waals surface area contributed by atoms with Crippen molar-refractivity contribution in [3.63, 3.8) is 0 Å². The van der Waals surface area contributed by atoms with Crippen LogP contribution in [0.1, 0.15) is 49.1 Å². The first kappa shape index (κ1) is 16.8. The minimum atomic E-state index is -0.785. The molecular formula is C19H18F4O. The van der Waals surface area contributed by atoms with Crippen LogP contribution >= 0.6 is 0 Å². The molecule has 1 nitrogen and oxygen atoms in total. The highest BCUT2D eigenvalue weighted by molar-refractivity contribution is 5.33. The average molecular weight is 338 g/mol. The molecule has 0 amide bonds. The van der Waals surface area contributed by atoms with E-state index in [1.54, 1.807) is 0 Å². The van der Waals surface area contributed by atoms with E-state index in [2.05, 4.69) is 0 Å². The number of ether oxygens (including phenoxy) is 1. The molecule has 1 fully saturated rings. The standard InChI is InChI=1S/C19H18F4O/c20-15-6-12(7-16(21)10-15)11-24-19-17(22)8-14(9-18(19)23)13-4-2-1-3-5-13/h6-10,13H,1-5,11H2. The fourth-order valence-electron chi connectivity index (χ4n) is 3.24. The van der Waals surface area contributed by atoms with Gasteiger partial charge < -0.3 is 4.74 Å². The van der Waals surface area contributed by atoms with Gasteiger partial charge in [0, 0.05) is 6.07 Å². The molecule has 128 valence electrons. The van der Waals surface area contributed by atoms with E-state index >= 15 is 0 Å². The molecule has 0 saturated heterocycles. The van der Waals surface area contributed by atoms with Crippen LogP contribution in [0.5, 0.6) is 5.75 Å². The molecule has 0 unspecified atom stereocenters. The molecule has 5 heteroatoms. The highest BCUT2D eigenvalue weighted by Crippen LogP contribution is 2.35. The van der Waals surface area contributed by atoms with Gasteiger partial charge in [-0.1, -0.05) is 19.3 Å². The molecule has 0 aromatic heterocycles. The lowest BCUT2D eigenvalue weighted by Crippen LogP contribution is -2.07. The number of hydrogen-bond donors (Lipinski definition) is 0. The highest BCUT2D eigenvalue weighted by Gasteiger charge is 2.20. The first-order chi connectivity index (χ1) is 11.5. The largest absolute Gasteiger partial charge is 0.483 e. The quantitative estimate of drug-likeness (QED) is 0.634. The Labute approximate surface area is 138 Å². The zero-order valence-electron chi connectivity index (χ0n) is 13.1. The monoisotopic (exact) mass is 338 g/mol. The lowest BCUT2D eigenvalue weighted by atomic mass is 9.84. The van der Waals surface area contributed by atoms with E-state index in [4.69, 9.17) is 4.74 Å². The molecular weight excluding hydrogens is 320 g/mol. The fourth-order valence-corrected chi connectivity index (χ4v) is 3.24. The summed E-state index contributed by atoms with van der Waals surface area (Å²) >= 11 is 0. The van der Waals surface area contributed by atoms with Gasteiger partial charge >= 0.3 is 0 Å². The van der Waals surface area contributed by atoms with Gasteiger partial charge in [0.15, 0.2) is 17.4 Å². The highest BCUT2D eigenvalue weighted by atomic mass is 19.1. The number of hydrogen-bond acceptors (Lipinski definition) is 1. The Hall–Kier alpha value is -2.04. The third-order valence-corrected chi connectivity index (χ3v) is 4.40. The van der Waals surface area contributed by atoms with Crippen molar-refractivity contribution >= 4 is 0 Å². The summed E-state index contributed by atoms with van der Waals surface area (Å²) in [6, 6.07) is 5.47. The minimum absolute atomic E-state index is 0.169. The normalized spacial score (nSPS) is 15.5. The van der Waals surface area contributed by atoms with Crippen LogP contribution in [0.4, 0.5) is 17.6 Å². The summed E-state index contributed by atoms with van der Waals surface area (Å²) in [5, 5.41) is 0.